The van der Waals surface area contributed by atoms with Gasteiger partial charge in [0, 0.05) is 19.3 Å². The summed E-state index contributed by atoms with van der Waals surface area (Å²) in [6.45, 7) is 2.54. The topological polar surface area (TPSA) is 72.5 Å². The van der Waals surface area contributed by atoms with Gasteiger partial charge in [-0.05, 0) is 37.1 Å². The van der Waals surface area contributed by atoms with Crippen LogP contribution in [0.25, 0.3) is 0 Å². The number of hydrogen-bond donors (Lipinski definition) is 3. The summed E-state index contributed by atoms with van der Waals surface area (Å²) >= 11 is 7.12. The third-order valence-electron chi connectivity index (χ3n) is 4.30. The fraction of sp³-hybridized carbons (Fsp3) is 0.294. The van der Waals surface area contributed by atoms with Gasteiger partial charge in [0.1, 0.15) is 5.82 Å². The van der Waals surface area contributed by atoms with Crippen LogP contribution >= 0.6 is 22.9 Å². The lowest BCUT2D eigenvalue weighted by Crippen LogP contribution is -2.38. The van der Waals surface area contributed by atoms with Crippen LogP contribution in [0.1, 0.15) is 22.5 Å². The molecule has 3 N–H and O–H groups in total. The third kappa shape index (κ3) is 3.77. The number of pyridine rings is 1. The molecule has 0 atom stereocenters. The first kappa shape index (κ1) is 17.1. The van der Waals surface area contributed by atoms with Gasteiger partial charge in [0.25, 0.3) is 5.91 Å². The van der Waals surface area contributed by atoms with E-state index >= 15 is 0 Å². The molecule has 9 heteroatoms. The molecule has 136 valence electrons. The summed E-state index contributed by atoms with van der Waals surface area (Å²) in [5, 5.41) is 4.70. The van der Waals surface area contributed by atoms with E-state index in [0.29, 0.717) is 15.8 Å². The Balaban J connectivity index is 1.34. The van der Waals surface area contributed by atoms with Crippen molar-refractivity contribution in [2.24, 2.45) is 0 Å². The molecule has 2 aliphatic rings. The number of carbonyl (C=O) groups is 1. The Bertz CT molecular complexity index is 815. The van der Waals surface area contributed by atoms with Crippen LogP contribution in [0.2, 0.25) is 4.34 Å². The average molecular weight is 391 g/mol. The Kier molecular flexibility index (Phi) is 4.96. The SMILES string of the molecule is O=C(NCC1=CN(c2ccc(N3CCCC3)nc2)NN1)c1ccc(Cl)s1. The summed E-state index contributed by atoms with van der Waals surface area (Å²) in [6.07, 6.45) is 6.20. The van der Waals surface area contributed by atoms with E-state index in [4.69, 9.17) is 11.6 Å². The molecule has 1 saturated heterocycles. The van der Waals surface area contributed by atoms with E-state index in [2.05, 4.69) is 26.2 Å². The van der Waals surface area contributed by atoms with Crippen molar-refractivity contribution >= 4 is 40.4 Å². The van der Waals surface area contributed by atoms with Gasteiger partial charge < -0.3 is 15.6 Å². The number of thiophene rings is 1. The number of nitrogens with one attached hydrogen (secondary N) is 3. The number of nitrogens with zero attached hydrogens (tertiary/aromatic N) is 3. The van der Waals surface area contributed by atoms with Gasteiger partial charge in [-0.2, -0.15) is 0 Å². The Morgan fingerprint density at radius 2 is 2.12 bits per heavy atom. The second-order valence-corrected chi connectivity index (χ2v) is 7.83. The molecule has 26 heavy (non-hydrogen) atoms. The molecular weight excluding hydrogens is 372 g/mol. The minimum atomic E-state index is -0.139. The van der Waals surface area contributed by atoms with Gasteiger partial charge in [-0.25, -0.2) is 4.98 Å². The Hall–Kier alpha value is -2.29. The maximum Gasteiger partial charge on any atom is 0.261 e. The number of carbonyl (C=O) groups excluding carboxylic acids is 1. The molecule has 2 aromatic heterocycles. The van der Waals surface area contributed by atoms with Crippen LogP contribution in [0, 0.1) is 0 Å². The highest BCUT2D eigenvalue weighted by molar-refractivity contribution is 7.17. The zero-order valence-electron chi connectivity index (χ0n) is 14.0. The monoisotopic (exact) mass is 390 g/mol. The molecule has 4 rings (SSSR count). The van der Waals surface area contributed by atoms with E-state index < -0.39 is 0 Å². The molecule has 1 amide bonds. The van der Waals surface area contributed by atoms with Crippen LogP contribution in [-0.4, -0.2) is 30.5 Å². The van der Waals surface area contributed by atoms with Gasteiger partial charge in [-0.1, -0.05) is 11.6 Å². The first-order valence-corrected chi connectivity index (χ1v) is 9.64. The number of amides is 1. The van der Waals surface area contributed by atoms with Crippen LogP contribution in [0.3, 0.4) is 0 Å². The molecule has 0 aromatic carbocycles. The Labute approximate surface area is 160 Å². The van der Waals surface area contributed by atoms with Crippen LogP contribution < -0.4 is 26.2 Å². The molecule has 4 heterocycles. The van der Waals surface area contributed by atoms with Crippen molar-refractivity contribution in [3.63, 3.8) is 0 Å². The fourth-order valence-corrected chi connectivity index (χ4v) is 3.89. The van der Waals surface area contributed by atoms with Crippen molar-refractivity contribution in [2.75, 3.05) is 29.5 Å². The first-order chi connectivity index (χ1) is 12.7. The van der Waals surface area contributed by atoms with E-state index in [1.165, 1.54) is 24.2 Å². The Morgan fingerprint density at radius 3 is 2.81 bits per heavy atom. The summed E-state index contributed by atoms with van der Waals surface area (Å²) < 4.78 is 0.603. The molecule has 0 spiro atoms. The first-order valence-electron chi connectivity index (χ1n) is 8.45. The number of hydrazine groups is 2. The van der Waals surface area contributed by atoms with Crippen molar-refractivity contribution < 1.29 is 4.79 Å². The highest BCUT2D eigenvalue weighted by Gasteiger charge is 2.17. The van der Waals surface area contributed by atoms with E-state index in [0.717, 1.165) is 30.3 Å². The average Bonchev–Trinajstić information content (AvgIpc) is 3.41. The summed E-state index contributed by atoms with van der Waals surface area (Å²) in [4.78, 5) is 19.5. The molecule has 2 aliphatic heterocycles. The third-order valence-corrected chi connectivity index (χ3v) is 5.53. The van der Waals surface area contributed by atoms with Crippen molar-refractivity contribution in [1.82, 2.24) is 21.3 Å². The van der Waals surface area contributed by atoms with Crippen molar-refractivity contribution in [2.45, 2.75) is 12.8 Å². The maximum absolute atomic E-state index is 12.1. The maximum atomic E-state index is 12.1. The summed E-state index contributed by atoms with van der Waals surface area (Å²) in [6, 6.07) is 7.50. The lowest BCUT2D eigenvalue weighted by Gasteiger charge is -2.18. The van der Waals surface area contributed by atoms with Crippen LogP contribution in [0.15, 0.2) is 42.4 Å². The van der Waals surface area contributed by atoms with E-state index in [9.17, 15) is 4.79 Å². The minimum Gasteiger partial charge on any atom is -0.357 e. The van der Waals surface area contributed by atoms with E-state index in [1.54, 1.807) is 12.1 Å². The molecule has 1 fully saturated rings. The normalized spacial score (nSPS) is 16.6. The second-order valence-electron chi connectivity index (χ2n) is 6.12. The van der Waals surface area contributed by atoms with Gasteiger partial charge in [-0.3, -0.25) is 9.80 Å². The van der Waals surface area contributed by atoms with E-state index in [1.807, 2.05) is 29.5 Å². The highest BCUT2D eigenvalue weighted by Crippen LogP contribution is 2.22. The number of aromatic nitrogens is 1. The molecule has 7 nitrogen and oxygen atoms in total. The van der Waals surface area contributed by atoms with Gasteiger partial charge in [-0.15, -0.1) is 16.9 Å². The summed E-state index contributed by atoms with van der Waals surface area (Å²) in [5.41, 5.74) is 7.87. The zero-order valence-corrected chi connectivity index (χ0v) is 15.6. The molecule has 0 aliphatic carbocycles. The minimum absolute atomic E-state index is 0.139. The van der Waals surface area contributed by atoms with Gasteiger partial charge in [0.05, 0.1) is 33.3 Å². The predicted molar refractivity (Wildman–Crippen MR) is 104 cm³/mol. The number of anilines is 2. The number of hydrogen-bond acceptors (Lipinski definition) is 7. The van der Waals surface area contributed by atoms with Crippen molar-refractivity contribution in [3.05, 3.63) is 51.6 Å². The zero-order chi connectivity index (χ0) is 17.9. The molecular formula is C17H19ClN6OS. The molecule has 0 bridgehead atoms. The molecule has 0 saturated carbocycles. The summed E-state index contributed by atoms with van der Waals surface area (Å²) in [5.74, 6) is 0.879. The van der Waals surface area contributed by atoms with Crippen molar-refractivity contribution in [1.29, 1.82) is 0 Å². The van der Waals surface area contributed by atoms with Gasteiger partial charge >= 0.3 is 0 Å². The number of rotatable bonds is 5. The fourth-order valence-electron chi connectivity index (χ4n) is 2.93. The van der Waals surface area contributed by atoms with Crippen molar-refractivity contribution in [3.8, 4) is 0 Å². The van der Waals surface area contributed by atoms with E-state index in [-0.39, 0.29) is 5.91 Å². The second kappa shape index (κ2) is 7.53. The van der Waals surface area contributed by atoms with Gasteiger partial charge in [0.15, 0.2) is 0 Å². The molecule has 2 aromatic rings. The standard InChI is InChI=1S/C17H19ClN6OS/c18-15-5-4-14(26-15)17(25)20-9-12-11-24(22-21-12)13-3-6-16(19-10-13)23-7-1-2-8-23/h3-6,10-11,21-22H,1-2,7-9H2,(H,20,25). The lowest BCUT2D eigenvalue weighted by atomic mass is 10.3. The molecule has 0 radical (unpaired) electrons. The largest absolute Gasteiger partial charge is 0.357 e. The highest BCUT2D eigenvalue weighted by atomic mass is 35.5. The molecule has 0 unspecified atom stereocenters. The van der Waals surface area contributed by atoms with Gasteiger partial charge in [0.2, 0.25) is 0 Å². The summed E-state index contributed by atoms with van der Waals surface area (Å²) in [7, 11) is 0. The van der Waals surface area contributed by atoms with Crippen LogP contribution in [0.5, 0.6) is 0 Å². The Morgan fingerprint density at radius 1 is 1.27 bits per heavy atom. The van der Waals surface area contributed by atoms with Crippen LogP contribution in [0.4, 0.5) is 11.5 Å². The number of halogens is 1. The lowest BCUT2D eigenvalue weighted by molar-refractivity contribution is 0.0960. The van der Waals surface area contributed by atoms with Crippen LogP contribution in [-0.2, 0) is 0 Å². The quantitative estimate of drug-likeness (QED) is 0.728. The predicted octanol–water partition coefficient (Wildman–Crippen LogP) is 2.50. The smallest absolute Gasteiger partial charge is 0.261 e.